The van der Waals surface area contributed by atoms with Gasteiger partial charge in [-0.25, -0.2) is 4.98 Å². The fourth-order valence-corrected chi connectivity index (χ4v) is 5.85. The summed E-state index contributed by atoms with van der Waals surface area (Å²) in [5.74, 6) is 3.34. The normalized spacial score (nSPS) is 25.3. The van der Waals surface area contributed by atoms with Crippen LogP contribution in [0, 0.1) is 23.2 Å². The summed E-state index contributed by atoms with van der Waals surface area (Å²) >= 11 is 7.75. The summed E-state index contributed by atoms with van der Waals surface area (Å²) in [7, 11) is 0. The van der Waals surface area contributed by atoms with Gasteiger partial charge in [-0.05, 0) is 72.2 Å². The van der Waals surface area contributed by atoms with Gasteiger partial charge in [0.2, 0.25) is 17.2 Å². The lowest BCUT2D eigenvalue weighted by Gasteiger charge is -2.60. The first-order valence-corrected chi connectivity index (χ1v) is 11.0. The van der Waals surface area contributed by atoms with Gasteiger partial charge in [-0.1, -0.05) is 13.8 Å². The zero-order valence-electron chi connectivity index (χ0n) is 15.9. The van der Waals surface area contributed by atoms with Crippen molar-refractivity contribution in [2.75, 3.05) is 17.2 Å². The van der Waals surface area contributed by atoms with Gasteiger partial charge in [0.25, 0.3) is 0 Å². The Morgan fingerprint density at radius 2 is 2.04 bits per heavy atom. The second-order valence-corrected chi connectivity index (χ2v) is 9.71. The van der Waals surface area contributed by atoms with E-state index in [1.165, 1.54) is 19.3 Å². The molecule has 0 spiro atoms. The number of benzene rings is 1. The maximum absolute atomic E-state index is 6.15. The van der Waals surface area contributed by atoms with Crippen LogP contribution >= 0.6 is 22.9 Å². The van der Waals surface area contributed by atoms with Gasteiger partial charge in [-0.3, -0.25) is 0 Å². The molecule has 3 aliphatic carbocycles. The van der Waals surface area contributed by atoms with Gasteiger partial charge in [-0.2, -0.15) is 15.0 Å². The van der Waals surface area contributed by atoms with Crippen LogP contribution in [0.2, 0.25) is 5.28 Å². The highest BCUT2D eigenvalue weighted by Gasteiger charge is 2.53. The van der Waals surface area contributed by atoms with Crippen LogP contribution in [0.15, 0.2) is 23.7 Å². The molecule has 1 aromatic carbocycles. The van der Waals surface area contributed by atoms with Gasteiger partial charge in [0, 0.05) is 12.2 Å². The first kappa shape index (κ1) is 18.1. The van der Waals surface area contributed by atoms with Crippen LogP contribution in [0.1, 0.15) is 33.1 Å². The Labute approximate surface area is 173 Å². The van der Waals surface area contributed by atoms with E-state index in [-0.39, 0.29) is 5.28 Å². The number of fused-ring (bicyclic) bond motifs is 3. The molecule has 2 N–H and O–H groups in total. The molecule has 3 saturated carbocycles. The molecule has 6 nitrogen and oxygen atoms in total. The average molecular weight is 415 g/mol. The lowest BCUT2D eigenvalue weighted by molar-refractivity contribution is -0.100. The molecule has 2 aromatic heterocycles. The molecule has 3 aliphatic rings. The molecule has 0 aliphatic heterocycles. The number of thiazole rings is 1. The molecular formula is C20H23ClN6S. The Morgan fingerprint density at radius 1 is 1.18 bits per heavy atom. The first-order chi connectivity index (χ1) is 13.5. The van der Waals surface area contributed by atoms with Gasteiger partial charge < -0.3 is 10.6 Å². The van der Waals surface area contributed by atoms with Crippen molar-refractivity contribution in [3.63, 3.8) is 0 Å². The summed E-state index contributed by atoms with van der Waals surface area (Å²) in [5, 5.41) is 6.82. The van der Waals surface area contributed by atoms with Crippen molar-refractivity contribution in [2.24, 2.45) is 23.2 Å². The van der Waals surface area contributed by atoms with Gasteiger partial charge in [0.1, 0.15) is 0 Å². The van der Waals surface area contributed by atoms with Crippen molar-refractivity contribution >= 4 is 50.7 Å². The fraction of sp³-hybridized carbons (Fsp3) is 0.500. The molecular weight excluding hydrogens is 392 g/mol. The molecule has 1 unspecified atom stereocenters. The second-order valence-electron chi connectivity index (χ2n) is 8.49. The third-order valence-corrected chi connectivity index (χ3v) is 7.68. The Morgan fingerprint density at radius 3 is 2.86 bits per heavy atom. The summed E-state index contributed by atoms with van der Waals surface area (Å²) < 4.78 is 1.11. The predicted molar refractivity (Wildman–Crippen MR) is 114 cm³/mol. The molecule has 8 heteroatoms. The van der Waals surface area contributed by atoms with E-state index >= 15 is 0 Å². The Balaban J connectivity index is 1.29. The third kappa shape index (κ3) is 3.20. The van der Waals surface area contributed by atoms with Crippen LogP contribution in [0.4, 0.5) is 17.6 Å². The van der Waals surface area contributed by atoms with Crippen LogP contribution in [-0.4, -0.2) is 26.5 Å². The molecule has 3 aromatic rings. The van der Waals surface area contributed by atoms with E-state index in [0.717, 1.165) is 34.3 Å². The Hall–Kier alpha value is -1.99. The predicted octanol–water partition coefficient (Wildman–Crippen LogP) is 5.36. The van der Waals surface area contributed by atoms with Crippen LogP contribution < -0.4 is 10.6 Å². The summed E-state index contributed by atoms with van der Waals surface area (Å²) in [5.41, 5.74) is 4.20. The molecule has 6 rings (SSSR count). The summed E-state index contributed by atoms with van der Waals surface area (Å²) in [6.45, 7) is 5.72. The average Bonchev–Trinajstić information content (AvgIpc) is 3.14. The maximum atomic E-state index is 6.15. The van der Waals surface area contributed by atoms with E-state index in [4.69, 9.17) is 11.6 Å². The van der Waals surface area contributed by atoms with Crippen LogP contribution in [0.3, 0.4) is 0 Å². The van der Waals surface area contributed by atoms with Crippen molar-refractivity contribution in [3.8, 4) is 0 Å². The van der Waals surface area contributed by atoms with E-state index in [9.17, 15) is 0 Å². The highest BCUT2D eigenvalue weighted by Crippen LogP contribution is 2.61. The van der Waals surface area contributed by atoms with E-state index in [1.807, 2.05) is 23.7 Å². The largest absolute Gasteiger partial charge is 0.354 e. The van der Waals surface area contributed by atoms with Gasteiger partial charge >= 0.3 is 0 Å². The molecule has 0 saturated heterocycles. The number of nitrogens with zero attached hydrogens (tertiary/aromatic N) is 4. The van der Waals surface area contributed by atoms with Gasteiger partial charge in [-0.15, -0.1) is 11.3 Å². The fourth-order valence-electron chi connectivity index (χ4n) is 4.98. The van der Waals surface area contributed by atoms with E-state index in [1.54, 1.807) is 11.3 Å². The van der Waals surface area contributed by atoms with E-state index < -0.39 is 0 Å². The number of anilines is 3. The number of halogens is 1. The summed E-state index contributed by atoms with van der Waals surface area (Å²) in [4.78, 5) is 17.3. The second kappa shape index (κ2) is 6.81. The Bertz CT molecular complexity index is 1020. The van der Waals surface area contributed by atoms with Crippen LogP contribution in [-0.2, 0) is 0 Å². The van der Waals surface area contributed by atoms with Crippen molar-refractivity contribution in [2.45, 2.75) is 33.1 Å². The molecule has 3 fully saturated rings. The lowest BCUT2D eigenvalue weighted by Crippen LogP contribution is -2.53. The number of nitrogens with one attached hydrogen (secondary N) is 2. The standard InChI is InChI=1S/C20H23ClN6S/c1-20(2)12-4-3-11(14(20)7-12)9-22-18-25-17(21)26-19(27-18)24-13-5-6-15-16(8-13)28-10-23-15/h5-6,8,10-12,14H,3-4,7,9H2,1-2H3,(H2,22,24,25,26,27)/t11-,12+,14?/m1/s1. The number of hydrogen-bond acceptors (Lipinski definition) is 7. The van der Waals surface area contributed by atoms with Crippen LogP contribution in [0.5, 0.6) is 0 Å². The molecule has 2 bridgehead atoms. The topological polar surface area (TPSA) is 75.6 Å². The Kier molecular flexibility index (Phi) is 4.39. The molecule has 2 heterocycles. The van der Waals surface area contributed by atoms with Gasteiger partial charge in [0.15, 0.2) is 0 Å². The third-order valence-electron chi connectivity index (χ3n) is 6.72. The zero-order chi connectivity index (χ0) is 19.3. The highest BCUT2D eigenvalue weighted by molar-refractivity contribution is 7.16. The highest BCUT2D eigenvalue weighted by atomic mass is 35.5. The molecule has 28 heavy (non-hydrogen) atoms. The minimum Gasteiger partial charge on any atom is -0.354 e. The summed E-state index contributed by atoms with van der Waals surface area (Å²) in [6.07, 6.45) is 3.98. The minimum atomic E-state index is 0.187. The summed E-state index contributed by atoms with van der Waals surface area (Å²) in [6, 6.07) is 5.98. The first-order valence-electron chi connectivity index (χ1n) is 9.75. The molecule has 146 valence electrons. The van der Waals surface area contributed by atoms with Crippen molar-refractivity contribution < 1.29 is 0 Å². The quantitative estimate of drug-likeness (QED) is 0.585. The van der Waals surface area contributed by atoms with E-state index in [2.05, 4.69) is 44.4 Å². The monoisotopic (exact) mass is 414 g/mol. The maximum Gasteiger partial charge on any atom is 0.233 e. The SMILES string of the molecule is CC1(C)C2C[C@@H]1CC[C@@H]2CNc1nc(Cl)nc(Nc2ccc3ncsc3c2)n1. The molecule has 0 amide bonds. The zero-order valence-corrected chi connectivity index (χ0v) is 17.5. The van der Waals surface area contributed by atoms with Crippen molar-refractivity contribution in [1.29, 1.82) is 0 Å². The number of aromatic nitrogens is 4. The number of rotatable bonds is 5. The smallest absolute Gasteiger partial charge is 0.233 e. The minimum absolute atomic E-state index is 0.187. The lowest BCUT2D eigenvalue weighted by atomic mass is 9.45. The van der Waals surface area contributed by atoms with Gasteiger partial charge in [0.05, 0.1) is 15.7 Å². The van der Waals surface area contributed by atoms with Crippen molar-refractivity contribution in [3.05, 3.63) is 29.0 Å². The van der Waals surface area contributed by atoms with Crippen LogP contribution in [0.25, 0.3) is 10.2 Å². The van der Waals surface area contributed by atoms with E-state index in [0.29, 0.717) is 23.2 Å². The molecule has 0 radical (unpaired) electrons. The molecule has 3 atom stereocenters. The van der Waals surface area contributed by atoms with Crippen molar-refractivity contribution in [1.82, 2.24) is 19.9 Å². The number of hydrogen-bond donors (Lipinski definition) is 2.